The van der Waals surface area contributed by atoms with Gasteiger partial charge in [-0.3, -0.25) is 14.5 Å². The number of carbonyl (C=O) groups excluding carboxylic acids is 3. The lowest BCUT2D eigenvalue weighted by Crippen LogP contribution is -2.55. The number of halogens is 2. The predicted molar refractivity (Wildman–Crippen MR) is 93.9 cm³/mol. The van der Waals surface area contributed by atoms with Gasteiger partial charge in [0.1, 0.15) is 23.7 Å². The van der Waals surface area contributed by atoms with E-state index in [-0.39, 0.29) is 5.69 Å². The molecule has 2 saturated heterocycles. The van der Waals surface area contributed by atoms with E-state index in [9.17, 15) is 23.2 Å². The third-order valence-electron chi connectivity index (χ3n) is 5.00. The smallest absolute Gasteiger partial charge is 0.323 e. The van der Waals surface area contributed by atoms with Crippen molar-refractivity contribution in [1.82, 2.24) is 15.1 Å². The summed E-state index contributed by atoms with van der Waals surface area (Å²) >= 11 is 0. The third kappa shape index (κ3) is 3.92. The zero-order chi connectivity index (χ0) is 19.6. The summed E-state index contributed by atoms with van der Waals surface area (Å²) in [6.07, 6.45) is 1.99. The first-order valence-electron chi connectivity index (χ1n) is 8.96. The number of hydrogen-bond donors (Lipinski definition) is 2. The Hall–Kier alpha value is -2.55. The second-order valence-electron chi connectivity index (χ2n) is 6.92. The zero-order valence-corrected chi connectivity index (χ0v) is 15.1. The first-order chi connectivity index (χ1) is 12.8. The van der Waals surface area contributed by atoms with Crippen LogP contribution in [0.2, 0.25) is 0 Å². The van der Waals surface area contributed by atoms with Gasteiger partial charge in [-0.05, 0) is 37.9 Å². The molecule has 2 aliphatic heterocycles. The number of nitrogens with one attached hydrogen (secondary N) is 2. The lowest BCUT2D eigenvalue weighted by molar-refractivity contribution is -0.135. The molecule has 9 heteroatoms. The molecule has 0 unspecified atom stereocenters. The number of urea groups is 1. The molecule has 2 aliphatic rings. The van der Waals surface area contributed by atoms with E-state index in [0.29, 0.717) is 32.0 Å². The highest BCUT2D eigenvalue weighted by Gasteiger charge is 2.52. The maximum atomic E-state index is 13.6. The van der Waals surface area contributed by atoms with E-state index < -0.39 is 41.6 Å². The maximum Gasteiger partial charge on any atom is 0.325 e. The average Bonchev–Trinajstić information content (AvgIpc) is 2.84. The van der Waals surface area contributed by atoms with Crippen molar-refractivity contribution >= 4 is 23.5 Å². The second kappa shape index (κ2) is 7.59. The van der Waals surface area contributed by atoms with E-state index >= 15 is 0 Å². The van der Waals surface area contributed by atoms with Crippen LogP contribution in [0.25, 0.3) is 0 Å². The van der Waals surface area contributed by atoms with E-state index in [0.717, 1.165) is 30.0 Å². The summed E-state index contributed by atoms with van der Waals surface area (Å²) in [7, 11) is 0. The van der Waals surface area contributed by atoms with Gasteiger partial charge in [0, 0.05) is 19.2 Å². The number of rotatable bonds is 5. The van der Waals surface area contributed by atoms with Gasteiger partial charge in [0.15, 0.2) is 0 Å². The molecule has 2 heterocycles. The Bertz CT molecular complexity index is 763. The van der Waals surface area contributed by atoms with Crippen molar-refractivity contribution in [1.29, 1.82) is 0 Å². The minimum atomic E-state index is -0.970. The van der Waals surface area contributed by atoms with Gasteiger partial charge < -0.3 is 15.5 Å². The molecule has 27 heavy (non-hydrogen) atoms. The summed E-state index contributed by atoms with van der Waals surface area (Å²) in [5.74, 6) is -2.86. The molecule has 1 aromatic rings. The van der Waals surface area contributed by atoms with E-state index in [2.05, 4.69) is 22.5 Å². The Morgan fingerprint density at radius 1 is 1.26 bits per heavy atom. The first-order valence-corrected chi connectivity index (χ1v) is 8.96. The molecule has 1 spiro atoms. The highest BCUT2D eigenvalue weighted by atomic mass is 19.1. The standard InChI is InChI=1S/C18H22F2N4O3/c1-2-7-23-8-5-18(6-9-23)16(26)24(17(27)22-18)11-15(25)21-14-4-3-12(19)10-13(14)20/h3-4,10H,2,5-9,11H2,1H3,(H,21,25)(H,22,27). The molecule has 2 N–H and O–H groups in total. The summed E-state index contributed by atoms with van der Waals surface area (Å²) in [4.78, 5) is 40.3. The molecule has 0 saturated carbocycles. The molecule has 4 amide bonds. The van der Waals surface area contributed by atoms with E-state index in [4.69, 9.17) is 0 Å². The Labute approximate surface area is 155 Å². The molecule has 0 atom stereocenters. The van der Waals surface area contributed by atoms with Gasteiger partial charge in [0.2, 0.25) is 5.91 Å². The van der Waals surface area contributed by atoms with Gasteiger partial charge in [-0.25, -0.2) is 13.6 Å². The molecule has 0 aromatic heterocycles. The molecule has 3 rings (SSSR count). The van der Waals surface area contributed by atoms with Crippen molar-refractivity contribution < 1.29 is 23.2 Å². The van der Waals surface area contributed by atoms with Crippen molar-refractivity contribution in [2.45, 2.75) is 31.7 Å². The molecule has 146 valence electrons. The quantitative estimate of drug-likeness (QED) is 0.762. The van der Waals surface area contributed by atoms with Gasteiger partial charge >= 0.3 is 6.03 Å². The van der Waals surface area contributed by atoms with Crippen LogP contribution in [0.3, 0.4) is 0 Å². The second-order valence-corrected chi connectivity index (χ2v) is 6.92. The number of amides is 4. The zero-order valence-electron chi connectivity index (χ0n) is 15.1. The maximum absolute atomic E-state index is 13.6. The number of carbonyl (C=O) groups is 3. The van der Waals surface area contributed by atoms with Crippen molar-refractivity contribution in [3.8, 4) is 0 Å². The first kappa shape index (κ1) is 19.2. The number of imide groups is 1. The van der Waals surface area contributed by atoms with Crippen LogP contribution in [0.5, 0.6) is 0 Å². The van der Waals surface area contributed by atoms with Crippen LogP contribution in [-0.2, 0) is 9.59 Å². The molecule has 0 bridgehead atoms. The monoisotopic (exact) mass is 380 g/mol. The van der Waals surface area contributed by atoms with Crippen LogP contribution >= 0.6 is 0 Å². The number of piperidine rings is 1. The fraction of sp³-hybridized carbons (Fsp3) is 0.500. The van der Waals surface area contributed by atoms with Crippen LogP contribution in [0.4, 0.5) is 19.3 Å². The minimum absolute atomic E-state index is 0.212. The molecule has 1 aromatic carbocycles. The van der Waals surface area contributed by atoms with Crippen molar-refractivity contribution in [2.75, 3.05) is 31.5 Å². The van der Waals surface area contributed by atoms with E-state index in [1.165, 1.54) is 0 Å². The van der Waals surface area contributed by atoms with Crippen molar-refractivity contribution in [3.05, 3.63) is 29.8 Å². The van der Waals surface area contributed by atoms with Crippen molar-refractivity contribution in [2.24, 2.45) is 0 Å². The molecular weight excluding hydrogens is 358 g/mol. The van der Waals surface area contributed by atoms with Crippen LogP contribution < -0.4 is 10.6 Å². The number of benzene rings is 1. The number of hydrogen-bond acceptors (Lipinski definition) is 4. The van der Waals surface area contributed by atoms with Crippen LogP contribution in [-0.4, -0.2) is 59.4 Å². The van der Waals surface area contributed by atoms with E-state index in [1.54, 1.807) is 0 Å². The lowest BCUT2D eigenvalue weighted by Gasteiger charge is -2.37. The van der Waals surface area contributed by atoms with Gasteiger partial charge in [-0.15, -0.1) is 0 Å². The van der Waals surface area contributed by atoms with Gasteiger partial charge in [-0.2, -0.15) is 0 Å². The van der Waals surface area contributed by atoms with Crippen LogP contribution in [0.1, 0.15) is 26.2 Å². The highest BCUT2D eigenvalue weighted by Crippen LogP contribution is 2.29. The highest BCUT2D eigenvalue weighted by molar-refractivity contribution is 6.10. The summed E-state index contributed by atoms with van der Waals surface area (Å²) in [5, 5.41) is 4.98. The van der Waals surface area contributed by atoms with E-state index in [1.807, 2.05) is 0 Å². The average molecular weight is 380 g/mol. The summed E-state index contributed by atoms with van der Waals surface area (Å²) in [6, 6.07) is 2.10. The Morgan fingerprint density at radius 3 is 2.59 bits per heavy atom. The number of nitrogens with zero attached hydrogens (tertiary/aromatic N) is 2. The molecule has 0 radical (unpaired) electrons. The number of anilines is 1. The van der Waals surface area contributed by atoms with Gasteiger partial charge in [-0.1, -0.05) is 6.92 Å². The summed E-state index contributed by atoms with van der Waals surface area (Å²) in [5.41, 5.74) is -1.18. The molecule has 7 nitrogen and oxygen atoms in total. The molecular formula is C18H22F2N4O3. The Balaban J connectivity index is 1.63. The summed E-state index contributed by atoms with van der Waals surface area (Å²) in [6.45, 7) is 3.88. The van der Waals surface area contributed by atoms with Crippen LogP contribution in [0.15, 0.2) is 18.2 Å². The topological polar surface area (TPSA) is 81.8 Å². The normalized spacial score (nSPS) is 19.4. The van der Waals surface area contributed by atoms with Gasteiger partial charge in [0.25, 0.3) is 5.91 Å². The molecule has 0 aliphatic carbocycles. The minimum Gasteiger partial charge on any atom is -0.323 e. The van der Waals surface area contributed by atoms with Crippen molar-refractivity contribution in [3.63, 3.8) is 0 Å². The molecule has 2 fully saturated rings. The van der Waals surface area contributed by atoms with Gasteiger partial charge in [0.05, 0.1) is 5.69 Å². The summed E-state index contributed by atoms with van der Waals surface area (Å²) < 4.78 is 26.6. The fourth-order valence-corrected chi connectivity index (χ4v) is 3.56. The third-order valence-corrected chi connectivity index (χ3v) is 5.00. The Morgan fingerprint density at radius 2 is 1.96 bits per heavy atom. The number of likely N-dealkylation sites (tertiary alicyclic amines) is 1. The largest absolute Gasteiger partial charge is 0.325 e. The lowest BCUT2D eigenvalue weighted by atomic mass is 9.87. The van der Waals surface area contributed by atoms with Crippen LogP contribution in [0, 0.1) is 11.6 Å². The predicted octanol–water partition coefficient (Wildman–Crippen LogP) is 1.70. The fourth-order valence-electron chi connectivity index (χ4n) is 3.56. The SMILES string of the molecule is CCCN1CCC2(CC1)NC(=O)N(CC(=O)Nc1ccc(F)cc1F)C2=O. The Kier molecular flexibility index (Phi) is 5.41.